The summed E-state index contributed by atoms with van der Waals surface area (Å²) in [6, 6.07) is 7.56. The fourth-order valence-electron chi connectivity index (χ4n) is 2.52. The highest BCUT2D eigenvalue weighted by Crippen LogP contribution is 2.17. The molecule has 1 amide bonds. The van der Waals surface area contributed by atoms with Crippen LogP contribution in [0.2, 0.25) is 0 Å². The molecule has 3 rings (SSSR count). The molecule has 0 bridgehead atoms. The van der Waals surface area contributed by atoms with E-state index in [1.807, 2.05) is 24.4 Å². The van der Waals surface area contributed by atoms with E-state index in [1.54, 1.807) is 12.5 Å². The minimum Gasteiger partial charge on any atom is -0.361 e. The lowest BCUT2D eigenvalue weighted by Gasteiger charge is -2.11. The van der Waals surface area contributed by atoms with Crippen LogP contribution < -0.4 is 11.1 Å². The summed E-state index contributed by atoms with van der Waals surface area (Å²) >= 11 is 0. The molecule has 22 heavy (non-hydrogen) atoms. The second kappa shape index (κ2) is 6.44. The normalized spacial score (nSPS) is 12.4. The van der Waals surface area contributed by atoms with Gasteiger partial charge in [-0.15, -0.1) is 0 Å². The number of rotatable bonds is 6. The van der Waals surface area contributed by atoms with Crippen molar-refractivity contribution in [3.05, 3.63) is 54.2 Å². The SMILES string of the molecule is N[C@@H](Cc1cnc[nH]1)C(=O)NCCc1c[nH]c2ccccc12. The molecule has 6 nitrogen and oxygen atoms in total. The third-order valence-electron chi connectivity index (χ3n) is 3.70. The van der Waals surface area contributed by atoms with E-state index >= 15 is 0 Å². The van der Waals surface area contributed by atoms with Gasteiger partial charge < -0.3 is 21.0 Å². The molecule has 0 unspecified atom stereocenters. The zero-order valence-electron chi connectivity index (χ0n) is 12.2. The number of nitrogens with one attached hydrogen (secondary N) is 3. The molecule has 0 fully saturated rings. The van der Waals surface area contributed by atoms with Crippen molar-refractivity contribution in [2.45, 2.75) is 18.9 Å². The maximum Gasteiger partial charge on any atom is 0.237 e. The van der Waals surface area contributed by atoms with Crippen molar-refractivity contribution >= 4 is 16.8 Å². The van der Waals surface area contributed by atoms with Gasteiger partial charge in [-0.2, -0.15) is 0 Å². The zero-order chi connectivity index (χ0) is 15.4. The van der Waals surface area contributed by atoms with Gasteiger partial charge in [-0.1, -0.05) is 18.2 Å². The van der Waals surface area contributed by atoms with Gasteiger partial charge >= 0.3 is 0 Å². The highest BCUT2D eigenvalue weighted by Gasteiger charge is 2.14. The molecule has 3 aromatic rings. The van der Waals surface area contributed by atoms with Gasteiger partial charge in [-0.05, 0) is 18.1 Å². The van der Waals surface area contributed by atoms with E-state index in [2.05, 4.69) is 26.3 Å². The highest BCUT2D eigenvalue weighted by molar-refractivity contribution is 5.83. The number of carbonyl (C=O) groups excluding carboxylic acids is 1. The summed E-state index contributed by atoms with van der Waals surface area (Å²) in [6.45, 7) is 0.567. The maximum atomic E-state index is 12.0. The van der Waals surface area contributed by atoms with Gasteiger partial charge in [0, 0.05) is 42.0 Å². The van der Waals surface area contributed by atoms with E-state index in [9.17, 15) is 4.79 Å². The molecule has 0 radical (unpaired) electrons. The number of nitrogens with two attached hydrogens (primary N) is 1. The first kappa shape index (κ1) is 14.3. The summed E-state index contributed by atoms with van der Waals surface area (Å²) in [5.74, 6) is -0.144. The predicted molar refractivity (Wildman–Crippen MR) is 85.3 cm³/mol. The largest absolute Gasteiger partial charge is 0.361 e. The Labute approximate surface area is 128 Å². The van der Waals surface area contributed by atoms with Gasteiger partial charge in [0.2, 0.25) is 5.91 Å². The number of amides is 1. The molecule has 0 aliphatic carbocycles. The first-order chi connectivity index (χ1) is 10.7. The minimum atomic E-state index is -0.566. The highest BCUT2D eigenvalue weighted by atomic mass is 16.2. The summed E-state index contributed by atoms with van der Waals surface area (Å²) in [5.41, 5.74) is 9.06. The van der Waals surface area contributed by atoms with Crippen LogP contribution in [0.25, 0.3) is 10.9 Å². The van der Waals surface area contributed by atoms with Crippen molar-refractivity contribution in [2.24, 2.45) is 5.73 Å². The van der Waals surface area contributed by atoms with E-state index in [1.165, 1.54) is 10.9 Å². The first-order valence-corrected chi connectivity index (χ1v) is 7.29. The first-order valence-electron chi connectivity index (χ1n) is 7.29. The molecule has 2 aromatic heterocycles. The Balaban J connectivity index is 1.51. The summed E-state index contributed by atoms with van der Waals surface area (Å²) < 4.78 is 0. The monoisotopic (exact) mass is 297 g/mol. The molecule has 2 heterocycles. The predicted octanol–water partition coefficient (Wildman–Crippen LogP) is 1.12. The smallest absolute Gasteiger partial charge is 0.237 e. The number of aromatic nitrogens is 3. The Kier molecular flexibility index (Phi) is 4.20. The number of carbonyl (C=O) groups is 1. The minimum absolute atomic E-state index is 0.144. The van der Waals surface area contributed by atoms with Crippen molar-refractivity contribution in [3.63, 3.8) is 0 Å². The quantitative estimate of drug-likeness (QED) is 0.548. The van der Waals surface area contributed by atoms with Crippen molar-refractivity contribution in [3.8, 4) is 0 Å². The average molecular weight is 297 g/mol. The molecule has 5 N–H and O–H groups in total. The number of hydrogen-bond donors (Lipinski definition) is 4. The maximum absolute atomic E-state index is 12.0. The molecule has 0 saturated heterocycles. The zero-order valence-corrected chi connectivity index (χ0v) is 12.2. The van der Waals surface area contributed by atoms with Crippen molar-refractivity contribution in [2.75, 3.05) is 6.54 Å². The number of nitrogens with zero attached hydrogens (tertiary/aromatic N) is 1. The van der Waals surface area contributed by atoms with Crippen LogP contribution in [0.1, 0.15) is 11.3 Å². The molecule has 114 valence electrons. The molecule has 0 aliphatic heterocycles. The van der Waals surface area contributed by atoms with Crippen LogP contribution in [0.15, 0.2) is 43.0 Å². The molecule has 0 aliphatic rings. The van der Waals surface area contributed by atoms with Gasteiger partial charge in [0.15, 0.2) is 0 Å². The number of fused-ring (bicyclic) bond motifs is 1. The number of H-pyrrole nitrogens is 2. The molecule has 0 spiro atoms. The average Bonchev–Trinajstić information content (AvgIpc) is 3.17. The lowest BCUT2D eigenvalue weighted by Crippen LogP contribution is -2.42. The number of para-hydroxylation sites is 1. The number of hydrogen-bond acceptors (Lipinski definition) is 3. The Morgan fingerprint density at radius 1 is 1.32 bits per heavy atom. The fraction of sp³-hybridized carbons (Fsp3) is 0.250. The fourth-order valence-corrected chi connectivity index (χ4v) is 2.52. The molecular formula is C16H19N5O. The Morgan fingerprint density at radius 2 is 2.18 bits per heavy atom. The second-order valence-corrected chi connectivity index (χ2v) is 5.29. The number of aromatic amines is 2. The molecule has 6 heteroatoms. The van der Waals surface area contributed by atoms with E-state index in [0.717, 1.165) is 17.6 Å². The standard InChI is InChI=1S/C16H19N5O/c17-14(7-12-9-18-10-21-12)16(22)19-6-5-11-8-20-15-4-2-1-3-13(11)15/h1-4,8-10,14,20H,5-7,17H2,(H,18,21)(H,19,22)/t14-/m0/s1. The van der Waals surface area contributed by atoms with E-state index in [-0.39, 0.29) is 5.91 Å². The van der Waals surface area contributed by atoms with Crippen LogP contribution >= 0.6 is 0 Å². The number of benzene rings is 1. The third-order valence-corrected chi connectivity index (χ3v) is 3.70. The van der Waals surface area contributed by atoms with Crippen LogP contribution in [0.4, 0.5) is 0 Å². The van der Waals surface area contributed by atoms with Crippen molar-refractivity contribution in [1.29, 1.82) is 0 Å². The summed E-state index contributed by atoms with van der Waals surface area (Å²) in [4.78, 5) is 22.1. The Hall–Kier alpha value is -2.60. The summed E-state index contributed by atoms with van der Waals surface area (Å²) in [6.07, 6.45) is 6.48. The lowest BCUT2D eigenvalue weighted by molar-refractivity contribution is -0.122. The van der Waals surface area contributed by atoms with E-state index in [0.29, 0.717) is 13.0 Å². The van der Waals surface area contributed by atoms with E-state index < -0.39 is 6.04 Å². The van der Waals surface area contributed by atoms with Crippen LogP contribution in [-0.4, -0.2) is 33.4 Å². The van der Waals surface area contributed by atoms with Crippen LogP contribution in [0.5, 0.6) is 0 Å². The second-order valence-electron chi connectivity index (χ2n) is 5.29. The van der Waals surface area contributed by atoms with Gasteiger partial charge in [-0.25, -0.2) is 4.98 Å². The topological polar surface area (TPSA) is 99.6 Å². The molecule has 1 atom stereocenters. The van der Waals surface area contributed by atoms with E-state index in [4.69, 9.17) is 5.73 Å². The third kappa shape index (κ3) is 3.17. The Bertz CT molecular complexity index is 747. The summed E-state index contributed by atoms with van der Waals surface area (Å²) in [5, 5.41) is 4.08. The number of imidazole rings is 1. The molecule has 1 aromatic carbocycles. The van der Waals surface area contributed by atoms with Gasteiger partial charge in [0.1, 0.15) is 0 Å². The summed E-state index contributed by atoms with van der Waals surface area (Å²) in [7, 11) is 0. The van der Waals surface area contributed by atoms with Gasteiger partial charge in [0.25, 0.3) is 0 Å². The van der Waals surface area contributed by atoms with Gasteiger partial charge in [0.05, 0.1) is 12.4 Å². The van der Waals surface area contributed by atoms with Crippen molar-refractivity contribution in [1.82, 2.24) is 20.3 Å². The Morgan fingerprint density at radius 3 is 3.00 bits per heavy atom. The lowest BCUT2D eigenvalue weighted by atomic mass is 10.1. The van der Waals surface area contributed by atoms with Crippen LogP contribution in [0.3, 0.4) is 0 Å². The van der Waals surface area contributed by atoms with Crippen LogP contribution in [-0.2, 0) is 17.6 Å². The van der Waals surface area contributed by atoms with Crippen molar-refractivity contribution < 1.29 is 4.79 Å². The van der Waals surface area contributed by atoms with Crippen LogP contribution in [0, 0.1) is 0 Å². The van der Waals surface area contributed by atoms with Gasteiger partial charge in [-0.3, -0.25) is 4.79 Å². The molecular weight excluding hydrogens is 278 g/mol. The molecule has 0 saturated carbocycles.